The van der Waals surface area contributed by atoms with E-state index in [1.165, 1.54) is 18.0 Å². The third-order valence-electron chi connectivity index (χ3n) is 4.79. The highest BCUT2D eigenvalue weighted by molar-refractivity contribution is 9.10. The molecule has 4 rings (SSSR count). The van der Waals surface area contributed by atoms with Crippen LogP contribution in [-0.2, 0) is 4.79 Å². The summed E-state index contributed by atoms with van der Waals surface area (Å²) >= 11 is 4.59. The minimum absolute atomic E-state index is 0.0671. The number of aromatic hydroxyl groups is 1. The standard InChI is InChI=1S/C25H22BrN5O3S/c1-2-34-21-11-9-20(10-12-21)31-24(17-6-4-3-5-7-17)29-30-25(31)35-16-23(33)28-27-15-18-14-19(26)8-13-22(18)32/h3-15,32H,2,16H2,1H3,(H,28,33)/b27-15-. The molecule has 0 saturated carbocycles. The van der Waals surface area contributed by atoms with Crippen LogP contribution in [0, 0.1) is 0 Å². The Bertz CT molecular complexity index is 1330. The monoisotopic (exact) mass is 551 g/mol. The topological polar surface area (TPSA) is 102 Å². The van der Waals surface area contributed by atoms with Gasteiger partial charge in [0.05, 0.1) is 18.6 Å². The molecule has 0 saturated heterocycles. The van der Waals surface area contributed by atoms with Gasteiger partial charge in [-0.3, -0.25) is 9.36 Å². The number of aromatic nitrogens is 3. The SMILES string of the molecule is CCOc1ccc(-n2c(SCC(=O)N/N=C\c3cc(Br)ccc3O)nnc2-c2ccccc2)cc1. The Morgan fingerprint density at radius 1 is 1.14 bits per heavy atom. The van der Waals surface area contributed by atoms with E-state index in [2.05, 4.69) is 36.7 Å². The molecule has 3 aromatic carbocycles. The number of hydrazone groups is 1. The predicted octanol–water partition coefficient (Wildman–Crippen LogP) is 5.04. The molecule has 0 unspecified atom stereocenters. The summed E-state index contributed by atoms with van der Waals surface area (Å²) in [7, 11) is 0. The van der Waals surface area contributed by atoms with Crippen molar-refractivity contribution >= 4 is 39.8 Å². The van der Waals surface area contributed by atoms with Crippen LogP contribution in [0.4, 0.5) is 0 Å². The second-order valence-electron chi connectivity index (χ2n) is 7.22. The van der Waals surface area contributed by atoms with Crippen LogP contribution >= 0.6 is 27.7 Å². The first-order valence-electron chi connectivity index (χ1n) is 10.7. The van der Waals surface area contributed by atoms with Gasteiger partial charge in [0, 0.05) is 21.3 Å². The third-order valence-corrected chi connectivity index (χ3v) is 6.21. The molecule has 35 heavy (non-hydrogen) atoms. The number of amides is 1. The zero-order chi connectivity index (χ0) is 24.6. The van der Waals surface area contributed by atoms with Crippen LogP contribution in [0.5, 0.6) is 11.5 Å². The maximum absolute atomic E-state index is 12.4. The molecular formula is C25H22BrN5O3S. The van der Waals surface area contributed by atoms with Gasteiger partial charge in [0.25, 0.3) is 5.91 Å². The van der Waals surface area contributed by atoms with Gasteiger partial charge < -0.3 is 9.84 Å². The number of rotatable bonds is 9. The van der Waals surface area contributed by atoms with Crippen LogP contribution in [0.2, 0.25) is 0 Å². The number of carbonyl (C=O) groups excluding carboxylic acids is 1. The quantitative estimate of drug-likeness (QED) is 0.171. The highest BCUT2D eigenvalue weighted by atomic mass is 79.9. The van der Waals surface area contributed by atoms with Crippen LogP contribution in [0.3, 0.4) is 0 Å². The first-order valence-corrected chi connectivity index (χ1v) is 12.5. The lowest BCUT2D eigenvalue weighted by Crippen LogP contribution is -2.20. The molecule has 0 aliphatic carbocycles. The normalized spacial score (nSPS) is 11.0. The van der Waals surface area contributed by atoms with Crippen LogP contribution in [-0.4, -0.2) is 44.4 Å². The van der Waals surface area contributed by atoms with Gasteiger partial charge in [0.15, 0.2) is 11.0 Å². The fourth-order valence-corrected chi connectivity index (χ4v) is 4.32. The lowest BCUT2D eigenvalue weighted by atomic mass is 10.2. The number of phenols is 1. The van der Waals surface area contributed by atoms with Crippen LogP contribution < -0.4 is 10.2 Å². The van der Waals surface area contributed by atoms with Crippen LogP contribution in [0.15, 0.2) is 87.5 Å². The predicted molar refractivity (Wildman–Crippen MR) is 140 cm³/mol. The van der Waals surface area contributed by atoms with Crippen molar-refractivity contribution in [2.75, 3.05) is 12.4 Å². The summed E-state index contributed by atoms with van der Waals surface area (Å²) in [4.78, 5) is 12.4. The lowest BCUT2D eigenvalue weighted by Gasteiger charge is -2.11. The zero-order valence-electron chi connectivity index (χ0n) is 18.8. The molecule has 1 amide bonds. The molecule has 2 N–H and O–H groups in total. The molecule has 0 aliphatic rings. The van der Waals surface area contributed by atoms with Crippen LogP contribution in [0.1, 0.15) is 12.5 Å². The molecule has 0 fully saturated rings. The van der Waals surface area contributed by atoms with E-state index in [0.717, 1.165) is 21.5 Å². The molecular weight excluding hydrogens is 530 g/mol. The number of hydrogen-bond donors (Lipinski definition) is 2. The van der Waals surface area contributed by atoms with E-state index in [4.69, 9.17) is 4.74 Å². The molecule has 8 nitrogen and oxygen atoms in total. The summed E-state index contributed by atoms with van der Waals surface area (Å²) in [5.41, 5.74) is 4.71. The van der Waals surface area contributed by atoms with E-state index in [9.17, 15) is 9.90 Å². The average Bonchev–Trinajstić information content (AvgIpc) is 3.30. The molecule has 0 atom stereocenters. The van der Waals surface area contributed by atoms with Gasteiger partial charge in [-0.1, -0.05) is 58.0 Å². The first-order chi connectivity index (χ1) is 17.0. The van der Waals surface area contributed by atoms with Gasteiger partial charge in [-0.2, -0.15) is 5.10 Å². The van der Waals surface area contributed by atoms with Crippen LogP contribution in [0.25, 0.3) is 17.1 Å². The van der Waals surface area contributed by atoms with E-state index in [1.54, 1.807) is 18.2 Å². The Morgan fingerprint density at radius 2 is 1.91 bits per heavy atom. The van der Waals surface area contributed by atoms with Crippen molar-refractivity contribution in [1.82, 2.24) is 20.2 Å². The summed E-state index contributed by atoms with van der Waals surface area (Å²) in [6.07, 6.45) is 1.39. The van der Waals surface area contributed by atoms with Crippen molar-refractivity contribution in [2.45, 2.75) is 12.1 Å². The highest BCUT2D eigenvalue weighted by Crippen LogP contribution is 2.29. The maximum atomic E-state index is 12.4. The number of phenolic OH excluding ortho intramolecular Hbond substituents is 1. The number of hydrogen-bond acceptors (Lipinski definition) is 7. The van der Waals surface area contributed by atoms with Gasteiger partial charge in [0.2, 0.25) is 0 Å². The van der Waals surface area contributed by atoms with Crippen molar-refractivity contribution in [3.8, 4) is 28.6 Å². The van der Waals surface area contributed by atoms with Crippen molar-refractivity contribution < 1.29 is 14.6 Å². The lowest BCUT2D eigenvalue weighted by molar-refractivity contribution is -0.118. The van der Waals surface area contributed by atoms with Gasteiger partial charge in [0.1, 0.15) is 11.5 Å². The summed E-state index contributed by atoms with van der Waals surface area (Å²) < 4.78 is 8.26. The number of ether oxygens (including phenoxy) is 1. The summed E-state index contributed by atoms with van der Waals surface area (Å²) in [5, 5.41) is 23.1. The summed E-state index contributed by atoms with van der Waals surface area (Å²) in [6, 6.07) is 22.3. The van der Waals surface area contributed by atoms with Crippen molar-refractivity contribution in [3.05, 3.63) is 82.8 Å². The Morgan fingerprint density at radius 3 is 2.66 bits per heavy atom. The Labute approximate surface area is 215 Å². The van der Waals surface area contributed by atoms with E-state index >= 15 is 0 Å². The Kier molecular flexibility index (Phi) is 8.17. The van der Waals surface area contributed by atoms with E-state index in [0.29, 0.717) is 23.2 Å². The number of benzene rings is 3. The Hall–Kier alpha value is -3.63. The van der Waals surface area contributed by atoms with Crippen molar-refractivity contribution in [2.24, 2.45) is 5.10 Å². The fraction of sp³-hybridized carbons (Fsp3) is 0.120. The first kappa shape index (κ1) is 24.5. The summed E-state index contributed by atoms with van der Waals surface area (Å²) in [6.45, 7) is 2.52. The molecule has 4 aromatic rings. The molecule has 0 radical (unpaired) electrons. The molecule has 10 heteroatoms. The molecule has 178 valence electrons. The van der Waals surface area contributed by atoms with E-state index in [1.807, 2.05) is 66.1 Å². The zero-order valence-corrected chi connectivity index (χ0v) is 21.2. The number of halogens is 1. The largest absolute Gasteiger partial charge is 0.507 e. The number of nitrogens with one attached hydrogen (secondary N) is 1. The van der Waals surface area contributed by atoms with Gasteiger partial charge in [-0.15, -0.1) is 10.2 Å². The van der Waals surface area contributed by atoms with E-state index in [-0.39, 0.29) is 17.4 Å². The van der Waals surface area contributed by atoms with Gasteiger partial charge in [-0.25, -0.2) is 5.43 Å². The number of nitrogens with zero attached hydrogens (tertiary/aromatic N) is 4. The van der Waals surface area contributed by atoms with E-state index < -0.39 is 0 Å². The highest BCUT2D eigenvalue weighted by Gasteiger charge is 2.17. The molecule has 0 bridgehead atoms. The Balaban J connectivity index is 1.51. The fourth-order valence-electron chi connectivity index (χ4n) is 3.19. The second-order valence-corrected chi connectivity index (χ2v) is 9.08. The third kappa shape index (κ3) is 6.28. The molecule has 1 aromatic heterocycles. The minimum Gasteiger partial charge on any atom is -0.507 e. The number of thioether (sulfide) groups is 1. The number of carbonyl (C=O) groups is 1. The molecule has 0 spiro atoms. The maximum Gasteiger partial charge on any atom is 0.250 e. The molecule has 0 aliphatic heterocycles. The average molecular weight is 552 g/mol. The second kappa shape index (κ2) is 11.7. The smallest absolute Gasteiger partial charge is 0.250 e. The van der Waals surface area contributed by atoms with Crippen molar-refractivity contribution in [3.63, 3.8) is 0 Å². The van der Waals surface area contributed by atoms with Gasteiger partial charge in [-0.05, 0) is 49.4 Å². The van der Waals surface area contributed by atoms with Gasteiger partial charge >= 0.3 is 0 Å². The minimum atomic E-state index is -0.316. The molecule has 1 heterocycles. The van der Waals surface area contributed by atoms with Crippen molar-refractivity contribution in [1.29, 1.82) is 0 Å². The summed E-state index contributed by atoms with van der Waals surface area (Å²) in [5.74, 6) is 1.27.